The Bertz CT molecular complexity index is 281. The molecule has 1 saturated carbocycles. The van der Waals surface area contributed by atoms with Gasteiger partial charge in [0.25, 0.3) is 0 Å². The Balaban J connectivity index is 1.87. The van der Waals surface area contributed by atoms with Gasteiger partial charge < -0.3 is 15.4 Å². The van der Waals surface area contributed by atoms with E-state index in [1.54, 1.807) is 0 Å². The summed E-state index contributed by atoms with van der Waals surface area (Å²) in [4.78, 5) is 14.5. The molecule has 0 bridgehead atoms. The third-order valence-electron chi connectivity index (χ3n) is 4.26. The SMILES string of the molecule is CC1CN(C(=O)C2CCCC(CCN)C2)CCO1. The molecule has 2 aliphatic rings. The van der Waals surface area contributed by atoms with E-state index in [0.717, 1.165) is 38.9 Å². The number of morpholine rings is 1. The van der Waals surface area contributed by atoms with Gasteiger partial charge >= 0.3 is 0 Å². The molecule has 0 spiro atoms. The molecule has 1 saturated heterocycles. The molecule has 104 valence electrons. The van der Waals surface area contributed by atoms with Crippen molar-refractivity contribution in [2.45, 2.75) is 45.1 Å². The first-order valence-corrected chi connectivity index (χ1v) is 7.31. The molecule has 2 N–H and O–H groups in total. The predicted molar refractivity (Wildman–Crippen MR) is 71.1 cm³/mol. The highest BCUT2D eigenvalue weighted by Gasteiger charge is 2.31. The second-order valence-electron chi connectivity index (χ2n) is 5.77. The highest BCUT2D eigenvalue weighted by atomic mass is 16.5. The van der Waals surface area contributed by atoms with Crippen LogP contribution in [-0.2, 0) is 9.53 Å². The molecule has 1 heterocycles. The highest BCUT2D eigenvalue weighted by Crippen LogP contribution is 2.32. The van der Waals surface area contributed by atoms with Gasteiger partial charge in [0.15, 0.2) is 0 Å². The minimum atomic E-state index is 0.186. The molecule has 4 nitrogen and oxygen atoms in total. The third kappa shape index (κ3) is 3.45. The first-order chi connectivity index (χ1) is 8.70. The van der Waals surface area contributed by atoms with Crippen molar-refractivity contribution in [1.82, 2.24) is 4.90 Å². The van der Waals surface area contributed by atoms with E-state index in [9.17, 15) is 4.79 Å². The van der Waals surface area contributed by atoms with Crippen molar-refractivity contribution >= 4 is 5.91 Å². The molecule has 0 aromatic carbocycles. The average Bonchev–Trinajstić information content (AvgIpc) is 2.39. The summed E-state index contributed by atoms with van der Waals surface area (Å²) >= 11 is 0. The van der Waals surface area contributed by atoms with Crippen LogP contribution in [0.15, 0.2) is 0 Å². The molecule has 0 aromatic heterocycles. The van der Waals surface area contributed by atoms with E-state index < -0.39 is 0 Å². The van der Waals surface area contributed by atoms with Crippen LogP contribution in [0, 0.1) is 11.8 Å². The molecule has 1 amide bonds. The molecular weight excluding hydrogens is 228 g/mol. The molecule has 1 aliphatic heterocycles. The summed E-state index contributed by atoms with van der Waals surface area (Å²) in [5.74, 6) is 1.25. The fraction of sp³-hybridized carbons (Fsp3) is 0.929. The molecule has 0 aromatic rings. The number of ether oxygens (including phenoxy) is 1. The molecule has 2 fully saturated rings. The Morgan fingerprint density at radius 3 is 3.00 bits per heavy atom. The fourth-order valence-electron chi connectivity index (χ4n) is 3.29. The summed E-state index contributed by atoms with van der Waals surface area (Å²) < 4.78 is 5.49. The Hall–Kier alpha value is -0.610. The molecule has 0 radical (unpaired) electrons. The highest BCUT2D eigenvalue weighted by molar-refractivity contribution is 5.79. The van der Waals surface area contributed by atoms with Crippen molar-refractivity contribution in [2.24, 2.45) is 17.6 Å². The van der Waals surface area contributed by atoms with Crippen molar-refractivity contribution in [3.05, 3.63) is 0 Å². The summed E-state index contributed by atoms with van der Waals surface area (Å²) in [5.41, 5.74) is 5.63. The molecule has 18 heavy (non-hydrogen) atoms. The maximum absolute atomic E-state index is 12.5. The first kappa shape index (κ1) is 13.8. The number of nitrogens with two attached hydrogens (primary N) is 1. The number of carbonyl (C=O) groups excluding carboxylic acids is 1. The molecule has 1 aliphatic carbocycles. The van der Waals surface area contributed by atoms with Gasteiger partial charge in [-0.15, -0.1) is 0 Å². The van der Waals surface area contributed by atoms with E-state index in [-0.39, 0.29) is 12.0 Å². The van der Waals surface area contributed by atoms with Gasteiger partial charge in [0, 0.05) is 19.0 Å². The Kier molecular flexibility index (Phi) is 5.01. The molecular formula is C14H26N2O2. The molecule has 4 heteroatoms. The van der Waals surface area contributed by atoms with Crippen LogP contribution in [0.25, 0.3) is 0 Å². The lowest BCUT2D eigenvalue weighted by Crippen LogP contribution is -2.47. The van der Waals surface area contributed by atoms with Crippen LogP contribution in [0.4, 0.5) is 0 Å². The number of amides is 1. The lowest BCUT2D eigenvalue weighted by Gasteiger charge is -2.36. The van der Waals surface area contributed by atoms with Gasteiger partial charge in [0.1, 0.15) is 0 Å². The van der Waals surface area contributed by atoms with Gasteiger partial charge in [0.05, 0.1) is 12.7 Å². The van der Waals surface area contributed by atoms with Gasteiger partial charge in [-0.1, -0.05) is 12.8 Å². The molecule has 2 rings (SSSR count). The van der Waals surface area contributed by atoms with Crippen molar-refractivity contribution in [1.29, 1.82) is 0 Å². The van der Waals surface area contributed by atoms with Crippen LogP contribution in [0.3, 0.4) is 0 Å². The van der Waals surface area contributed by atoms with Gasteiger partial charge in [-0.25, -0.2) is 0 Å². The van der Waals surface area contributed by atoms with Crippen LogP contribution in [-0.4, -0.2) is 43.2 Å². The maximum Gasteiger partial charge on any atom is 0.225 e. The second kappa shape index (κ2) is 6.53. The monoisotopic (exact) mass is 254 g/mol. The van der Waals surface area contributed by atoms with Crippen LogP contribution in [0.5, 0.6) is 0 Å². The van der Waals surface area contributed by atoms with Crippen LogP contribution in [0.1, 0.15) is 39.0 Å². The van der Waals surface area contributed by atoms with Gasteiger partial charge in [0.2, 0.25) is 5.91 Å². The first-order valence-electron chi connectivity index (χ1n) is 7.31. The largest absolute Gasteiger partial charge is 0.375 e. The Labute approximate surface area is 110 Å². The van der Waals surface area contributed by atoms with Crippen molar-refractivity contribution < 1.29 is 9.53 Å². The van der Waals surface area contributed by atoms with E-state index in [1.807, 2.05) is 11.8 Å². The minimum Gasteiger partial charge on any atom is -0.375 e. The number of nitrogens with zero attached hydrogens (tertiary/aromatic N) is 1. The van der Waals surface area contributed by atoms with Gasteiger partial charge in [-0.3, -0.25) is 4.79 Å². The van der Waals surface area contributed by atoms with Crippen LogP contribution >= 0.6 is 0 Å². The van der Waals surface area contributed by atoms with E-state index >= 15 is 0 Å². The van der Waals surface area contributed by atoms with Crippen molar-refractivity contribution in [3.63, 3.8) is 0 Å². The zero-order valence-electron chi connectivity index (χ0n) is 11.4. The zero-order chi connectivity index (χ0) is 13.0. The number of carbonyl (C=O) groups is 1. The van der Waals surface area contributed by atoms with Crippen LogP contribution in [0.2, 0.25) is 0 Å². The predicted octanol–water partition coefficient (Wildman–Crippen LogP) is 1.39. The third-order valence-corrected chi connectivity index (χ3v) is 4.26. The quantitative estimate of drug-likeness (QED) is 0.828. The van der Waals surface area contributed by atoms with Crippen molar-refractivity contribution in [3.8, 4) is 0 Å². The average molecular weight is 254 g/mol. The summed E-state index contributed by atoms with van der Waals surface area (Å²) in [7, 11) is 0. The Morgan fingerprint density at radius 1 is 1.44 bits per heavy atom. The summed E-state index contributed by atoms with van der Waals surface area (Å²) in [6.45, 7) is 5.00. The minimum absolute atomic E-state index is 0.186. The standard InChI is InChI=1S/C14H26N2O2/c1-11-10-16(7-8-18-11)14(17)13-4-2-3-12(9-13)5-6-15/h11-13H,2-10,15H2,1H3. The number of hydrogen-bond donors (Lipinski definition) is 1. The number of hydrogen-bond acceptors (Lipinski definition) is 3. The van der Waals surface area contributed by atoms with Gasteiger partial charge in [-0.2, -0.15) is 0 Å². The summed E-state index contributed by atoms with van der Waals surface area (Å²) in [6, 6.07) is 0. The smallest absolute Gasteiger partial charge is 0.225 e. The van der Waals surface area contributed by atoms with Crippen LogP contribution < -0.4 is 5.73 Å². The normalized spacial score (nSPS) is 33.4. The Morgan fingerprint density at radius 2 is 2.28 bits per heavy atom. The van der Waals surface area contributed by atoms with Crippen molar-refractivity contribution in [2.75, 3.05) is 26.2 Å². The zero-order valence-corrected chi connectivity index (χ0v) is 11.4. The number of rotatable bonds is 3. The second-order valence-corrected chi connectivity index (χ2v) is 5.77. The van der Waals surface area contributed by atoms with E-state index in [0.29, 0.717) is 18.4 Å². The fourth-order valence-corrected chi connectivity index (χ4v) is 3.29. The van der Waals surface area contributed by atoms with Gasteiger partial charge in [-0.05, 0) is 38.6 Å². The molecule has 3 atom stereocenters. The topological polar surface area (TPSA) is 55.6 Å². The van der Waals surface area contributed by atoms with E-state index in [2.05, 4.69) is 0 Å². The summed E-state index contributed by atoms with van der Waals surface area (Å²) in [6.07, 6.45) is 5.80. The van der Waals surface area contributed by atoms with E-state index in [1.165, 1.54) is 12.8 Å². The summed E-state index contributed by atoms with van der Waals surface area (Å²) in [5, 5.41) is 0. The lowest BCUT2D eigenvalue weighted by molar-refractivity contribution is -0.144. The lowest BCUT2D eigenvalue weighted by atomic mass is 9.79. The van der Waals surface area contributed by atoms with E-state index in [4.69, 9.17) is 10.5 Å². The maximum atomic E-state index is 12.5. The molecule has 3 unspecified atom stereocenters.